The zero-order valence-electron chi connectivity index (χ0n) is 14.7. The fraction of sp³-hybridized carbons (Fsp3) is 0.250. The van der Waals surface area contributed by atoms with Crippen molar-refractivity contribution in [2.24, 2.45) is 0 Å². The number of thioether (sulfide) groups is 1. The van der Waals surface area contributed by atoms with Crippen molar-refractivity contribution < 1.29 is 9.32 Å². The number of pyridine rings is 1. The number of amides is 1. The normalized spacial score (nSPS) is 16.0. The van der Waals surface area contributed by atoms with Gasteiger partial charge in [-0.1, -0.05) is 23.4 Å². The third kappa shape index (κ3) is 2.88. The standard InChI is InChI=1S/C20H18N4O2S/c25-20(24-11-9-23(10-12-24)17-7-3-4-8-21-17)18-15-13-27-16-6-2-1-5-14(16)19(15)26-22-18/h1-8H,9-13H2. The molecule has 6 nitrogen and oxygen atoms in total. The van der Waals surface area contributed by atoms with E-state index in [2.05, 4.69) is 21.1 Å². The maximum Gasteiger partial charge on any atom is 0.276 e. The Morgan fingerprint density at radius 1 is 1.04 bits per heavy atom. The van der Waals surface area contributed by atoms with Crippen molar-refractivity contribution in [1.29, 1.82) is 0 Å². The van der Waals surface area contributed by atoms with Crippen molar-refractivity contribution >= 4 is 23.5 Å². The van der Waals surface area contributed by atoms with Crippen LogP contribution in [-0.4, -0.2) is 47.1 Å². The van der Waals surface area contributed by atoms with Gasteiger partial charge in [-0.3, -0.25) is 4.79 Å². The summed E-state index contributed by atoms with van der Waals surface area (Å²) in [6.45, 7) is 2.84. The molecule has 0 bridgehead atoms. The molecule has 2 aliphatic heterocycles. The highest BCUT2D eigenvalue weighted by Crippen LogP contribution is 2.42. The predicted octanol–water partition coefficient (Wildman–Crippen LogP) is 3.30. The Morgan fingerprint density at radius 3 is 2.67 bits per heavy atom. The van der Waals surface area contributed by atoms with Gasteiger partial charge in [-0.2, -0.15) is 0 Å². The highest BCUT2D eigenvalue weighted by molar-refractivity contribution is 7.98. The number of carbonyl (C=O) groups is 1. The van der Waals surface area contributed by atoms with Crippen LogP contribution in [0.15, 0.2) is 58.1 Å². The number of anilines is 1. The smallest absolute Gasteiger partial charge is 0.276 e. The number of hydrogen-bond donors (Lipinski definition) is 0. The van der Waals surface area contributed by atoms with Crippen LogP contribution in [-0.2, 0) is 5.75 Å². The number of aromatic nitrogens is 2. The van der Waals surface area contributed by atoms with E-state index >= 15 is 0 Å². The number of nitrogens with zero attached hydrogens (tertiary/aromatic N) is 4. The zero-order valence-corrected chi connectivity index (χ0v) is 15.5. The number of piperazine rings is 1. The Balaban J connectivity index is 1.34. The van der Waals surface area contributed by atoms with Gasteiger partial charge in [0.15, 0.2) is 11.5 Å². The molecule has 2 aromatic heterocycles. The van der Waals surface area contributed by atoms with Gasteiger partial charge in [0.2, 0.25) is 0 Å². The van der Waals surface area contributed by atoms with Crippen LogP contribution in [0.4, 0.5) is 5.82 Å². The maximum atomic E-state index is 13.0. The van der Waals surface area contributed by atoms with Gasteiger partial charge in [-0.05, 0) is 24.3 Å². The van der Waals surface area contributed by atoms with Gasteiger partial charge in [0.1, 0.15) is 5.82 Å². The topological polar surface area (TPSA) is 62.5 Å². The van der Waals surface area contributed by atoms with Gasteiger partial charge in [0.05, 0.1) is 0 Å². The molecule has 0 N–H and O–H groups in total. The minimum Gasteiger partial charge on any atom is -0.355 e. The van der Waals surface area contributed by atoms with Crippen LogP contribution < -0.4 is 4.90 Å². The van der Waals surface area contributed by atoms with E-state index in [1.165, 1.54) is 4.90 Å². The molecule has 1 saturated heterocycles. The van der Waals surface area contributed by atoms with Crippen LogP contribution in [0.5, 0.6) is 0 Å². The predicted molar refractivity (Wildman–Crippen MR) is 104 cm³/mol. The summed E-state index contributed by atoms with van der Waals surface area (Å²) in [4.78, 5) is 22.7. The van der Waals surface area contributed by atoms with Gasteiger partial charge in [0.25, 0.3) is 5.91 Å². The van der Waals surface area contributed by atoms with Crippen LogP contribution >= 0.6 is 11.8 Å². The van der Waals surface area contributed by atoms with E-state index in [-0.39, 0.29) is 5.91 Å². The van der Waals surface area contributed by atoms with Crippen molar-refractivity contribution in [3.05, 3.63) is 59.9 Å². The first-order valence-corrected chi connectivity index (χ1v) is 9.96. The maximum absolute atomic E-state index is 13.0. The lowest BCUT2D eigenvalue weighted by atomic mass is 10.1. The zero-order chi connectivity index (χ0) is 18.2. The number of benzene rings is 1. The minimum absolute atomic E-state index is 0.0411. The molecule has 0 unspecified atom stereocenters. The molecule has 2 aliphatic rings. The average molecular weight is 378 g/mol. The Bertz CT molecular complexity index is 981. The van der Waals surface area contributed by atoms with E-state index in [4.69, 9.17) is 4.52 Å². The van der Waals surface area contributed by atoms with Crippen LogP contribution in [0.3, 0.4) is 0 Å². The third-order valence-corrected chi connectivity index (χ3v) is 6.13. The molecule has 7 heteroatoms. The summed E-state index contributed by atoms with van der Waals surface area (Å²) in [5, 5.41) is 4.14. The lowest BCUT2D eigenvalue weighted by Gasteiger charge is -2.35. The van der Waals surface area contributed by atoms with Gasteiger partial charge in [-0.25, -0.2) is 4.98 Å². The molecule has 0 aliphatic carbocycles. The Morgan fingerprint density at radius 2 is 1.85 bits per heavy atom. The second kappa shape index (κ2) is 6.74. The largest absolute Gasteiger partial charge is 0.355 e. The summed E-state index contributed by atoms with van der Waals surface area (Å²) < 4.78 is 5.58. The second-order valence-electron chi connectivity index (χ2n) is 6.59. The molecule has 136 valence electrons. The molecule has 0 saturated carbocycles. The summed E-state index contributed by atoms with van der Waals surface area (Å²) in [5.41, 5.74) is 2.39. The third-order valence-electron chi connectivity index (χ3n) is 5.03. The Labute approximate surface area is 161 Å². The average Bonchev–Trinajstić information content (AvgIpc) is 3.19. The Hall–Kier alpha value is -2.80. The fourth-order valence-electron chi connectivity index (χ4n) is 3.58. The summed E-state index contributed by atoms with van der Waals surface area (Å²) in [6.07, 6.45) is 1.80. The van der Waals surface area contributed by atoms with Crippen molar-refractivity contribution in [2.75, 3.05) is 31.1 Å². The molecule has 1 fully saturated rings. The van der Waals surface area contributed by atoms with E-state index in [0.717, 1.165) is 35.8 Å². The Kier molecular flexibility index (Phi) is 4.09. The monoisotopic (exact) mass is 378 g/mol. The lowest BCUT2D eigenvalue weighted by molar-refractivity contribution is 0.0735. The number of fused-ring (bicyclic) bond motifs is 3. The van der Waals surface area contributed by atoms with Crippen molar-refractivity contribution in [1.82, 2.24) is 15.0 Å². The second-order valence-corrected chi connectivity index (χ2v) is 7.61. The number of carbonyl (C=O) groups excluding carboxylic acids is 1. The summed E-state index contributed by atoms with van der Waals surface area (Å²) >= 11 is 1.72. The summed E-state index contributed by atoms with van der Waals surface area (Å²) in [6, 6.07) is 14.0. The SMILES string of the molecule is O=C(c1noc2c1CSc1ccccc1-2)N1CCN(c2ccccn2)CC1. The molecule has 5 rings (SSSR count). The van der Waals surface area contributed by atoms with Gasteiger partial charge >= 0.3 is 0 Å². The van der Waals surface area contributed by atoms with Gasteiger partial charge in [0, 0.05) is 54.2 Å². The lowest BCUT2D eigenvalue weighted by Crippen LogP contribution is -2.49. The minimum atomic E-state index is -0.0411. The number of rotatable bonds is 2. The fourth-order valence-corrected chi connectivity index (χ4v) is 4.64. The summed E-state index contributed by atoms with van der Waals surface area (Å²) in [7, 11) is 0. The van der Waals surface area contributed by atoms with Crippen LogP contribution in [0.2, 0.25) is 0 Å². The quantitative estimate of drug-likeness (QED) is 0.682. The number of hydrogen-bond acceptors (Lipinski definition) is 6. The van der Waals surface area contributed by atoms with Crippen LogP contribution in [0.25, 0.3) is 11.3 Å². The van der Waals surface area contributed by atoms with E-state index < -0.39 is 0 Å². The molecule has 0 atom stereocenters. The van der Waals surface area contributed by atoms with Crippen LogP contribution in [0, 0.1) is 0 Å². The van der Waals surface area contributed by atoms with Crippen molar-refractivity contribution in [2.45, 2.75) is 10.6 Å². The highest BCUT2D eigenvalue weighted by atomic mass is 32.2. The van der Waals surface area contributed by atoms with Gasteiger partial charge < -0.3 is 14.3 Å². The van der Waals surface area contributed by atoms with Crippen molar-refractivity contribution in [3.63, 3.8) is 0 Å². The molecular formula is C20H18N4O2S. The van der Waals surface area contributed by atoms with Gasteiger partial charge in [-0.15, -0.1) is 11.8 Å². The molecule has 1 aromatic carbocycles. The van der Waals surface area contributed by atoms with E-state index in [1.807, 2.05) is 41.3 Å². The summed E-state index contributed by atoms with van der Waals surface area (Å²) in [5.74, 6) is 2.36. The molecule has 4 heterocycles. The molecule has 3 aromatic rings. The highest BCUT2D eigenvalue weighted by Gasteiger charge is 2.31. The first-order valence-electron chi connectivity index (χ1n) is 8.97. The first kappa shape index (κ1) is 16.4. The van der Waals surface area contributed by atoms with Crippen molar-refractivity contribution in [3.8, 4) is 11.3 Å². The van der Waals surface area contributed by atoms with Crippen LogP contribution in [0.1, 0.15) is 16.1 Å². The van der Waals surface area contributed by atoms with E-state index in [9.17, 15) is 4.79 Å². The van der Waals surface area contributed by atoms with E-state index in [1.54, 1.807) is 18.0 Å². The molecule has 0 spiro atoms. The molecule has 1 amide bonds. The first-order chi connectivity index (χ1) is 13.3. The molecule has 27 heavy (non-hydrogen) atoms. The molecule has 0 radical (unpaired) electrons. The van der Waals surface area contributed by atoms with E-state index in [0.29, 0.717) is 24.5 Å². The molecular weight excluding hydrogens is 360 g/mol.